The molecule has 0 aliphatic carbocycles. The Hall–Kier alpha value is -2.42. The van der Waals surface area contributed by atoms with Gasteiger partial charge in [-0.25, -0.2) is 4.68 Å². The summed E-state index contributed by atoms with van der Waals surface area (Å²) in [6, 6.07) is 5.45. The lowest BCUT2D eigenvalue weighted by molar-refractivity contribution is -0.116. The molecule has 2 aromatic rings. The topological polar surface area (TPSA) is 93.0 Å². The van der Waals surface area contributed by atoms with Gasteiger partial charge in [0.25, 0.3) is 5.24 Å². The first kappa shape index (κ1) is 14.5. The lowest BCUT2D eigenvalue weighted by atomic mass is 10.2. The number of nitrogens with zero attached hydrogens (tertiary/aromatic N) is 5. The minimum absolute atomic E-state index is 0.0413. The third-order valence-corrected chi connectivity index (χ3v) is 4.15. The molecular formula is C13H14N6O2S. The van der Waals surface area contributed by atoms with Crippen molar-refractivity contribution in [1.29, 1.82) is 0 Å². The Morgan fingerprint density at radius 2 is 2.32 bits per heavy atom. The molecular weight excluding hydrogens is 304 g/mol. The zero-order chi connectivity index (χ0) is 15.5. The molecule has 0 saturated carbocycles. The number of anilines is 1. The van der Waals surface area contributed by atoms with Crippen LogP contribution < -0.4 is 5.32 Å². The number of tetrazole rings is 1. The van der Waals surface area contributed by atoms with Crippen LogP contribution in [0.25, 0.3) is 5.69 Å². The highest BCUT2D eigenvalue weighted by Crippen LogP contribution is 2.19. The molecule has 1 aliphatic heterocycles. The van der Waals surface area contributed by atoms with Crippen molar-refractivity contribution >= 4 is 28.6 Å². The van der Waals surface area contributed by atoms with E-state index >= 15 is 0 Å². The van der Waals surface area contributed by atoms with Crippen LogP contribution >= 0.6 is 11.8 Å². The Morgan fingerprint density at radius 3 is 2.95 bits per heavy atom. The van der Waals surface area contributed by atoms with Gasteiger partial charge >= 0.3 is 0 Å². The van der Waals surface area contributed by atoms with Crippen molar-refractivity contribution in [2.24, 2.45) is 0 Å². The van der Waals surface area contributed by atoms with Crippen molar-refractivity contribution in [1.82, 2.24) is 25.1 Å². The van der Waals surface area contributed by atoms with E-state index in [1.165, 1.54) is 18.1 Å². The Bertz CT molecular complexity index is 703. The van der Waals surface area contributed by atoms with Gasteiger partial charge in [0.2, 0.25) is 5.91 Å². The molecule has 114 valence electrons. The van der Waals surface area contributed by atoms with E-state index in [4.69, 9.17) is 0 Å². The van der Waals surface area contributed by atoms with Gasteiger partial charge in [-0.1, -0.05) is 11.8 Å². The van der Waals surface area contributed by atoms with Gasteiger partial charge in [-0.2, -0.15) is 0 Å². The lowest BCUT2D eigenvalue weighted by Crippen LogP contribution is -2.33. The van der Waals surface area contributed by atoms with E-state index in [2.05, 4.69) is 20.8 Å². The zero-order valence-electron chi connectivity index (χ0n) is 11.9. The standard InChI is InChI=1S/C13H14N6O2S/c1-9-6-10(2-3-11(9)19-8-14-16-17-19)15-12(20)7-18-4-5-22-13(18)21/h2-3,6,8H,4-5,7H2,1H3,(H,15,20). The van der Waals surface area contributed by atoms with Crippen molar-refractivity contribution in [3.05, 3.63) is 30.1 Å². The molecule has 1 aromatic heterocycles. The highest BCUT2D eigenvalue weighted by molar-refractivity contribution is 8.13. The fraction of sp³-hybridized carbons (Fsp3) is 0.308. The molecule has 0 atom stereocenters. The van der Waals surface area contributed by atoms with Gasteiger partial charge in [0.1, 0.15) is 12.9 Å². The fourth-order valence-electron chi connectivity index (χ4n) is 2.21. The SMILES string of the molecule is Cc1cc(NC(=O)CN2CCSC2=O)ccc1-n1cnnn1. The maximum atomic E-state index is 12.0. The van der Waals surface area contributed by atoms with E-state index in [0.29, 0.717) is 12.2 Å². The predicted molar refractivity (Wildman–Crippen MR) is 81.9 cm³/mol. The summed E-state index contributed by atoms with van der Waals surface area (Å²) >= 11 is 1.24. The second-order valence-corrected chi connectivity index (χ2v) is 5.89. The largest absolute Gasteiger partial charge is 0.325 e. The average Bonchev–Trinajstić information content (AvgIpc) is 3.12. The number of thioether (sulfide) groups is 1. The summed E-state index contributed by atoms with van der Waals surface area (Å²) < 4.78 is 1.56. The van der Waals surface area contributed by atoms with Crippen molar-refractivity contribution < 1.29 is 9.59 Å². The lowest BCUT2D eigenvalue weighted by Gasteiger charge is -2.14. The summed E-state index contributed by atoms with van der Waals surface area (Å²) in [5, 5.41) is 13.8. The van der Waals surface area contributed by atoms with E-state index in [9.17, 15) is 9.59 Å². The van der Waals surface area contributed by atoms with E-state index in [1.54, 1.807) is 15.6 Å². The molecule has 0 unspecified atom stereocenters. The number of amides is 2. The Kier molecular flexibility index (Phi) is 4.05. The van der Waals surface area contributed by atoms with E-state index in [-0.39, 0.29) is 17.7 Å². The van der Waals surface area contributed by atoms with Crippen molar-refractivity contribution in [2.45, 2.75) is 6.92 Å². The number of aryl methyl sites for hydroxylation is 1. The second kappa shape index (κ2) is 6.14. The first-order chi connectivity index (χ1) is 10.6. The van der Waals surface area contributed by atoms with Crippen LogP contribution in [0.15, 0.2) is 24.5 Å². The molecule has 3 rings (SSSR count). The van der Waals surface area contributed by atoms with Crippen LogP contribution in [0.4, 0.5) is 10.5 Å². The van der Waals surface area contributed by atoms with Gasteiger partial charge in [-0.3, -0.25) is 9.59 Å². The van der Waals surface area contributed by atoms with Gasteiger partial charge in [0.05, 0.1) is 5.69 Å². The molecule has 1 aromatic carbocycles. The van der Waals surface area contributed by atoms with Crippen LogP contribution in [0, 0.1) is 6.92 Å². The van der Waals surface area contributed by atoms with E-state index in [0.717, 1.165) is 17.0 Å². The number of rotatable bonds is 4. The minimum Gasteiger partial charge on any atom is -0.325 e. The van der Waals surface area contributed by atoms with Crippen LogP contribution in [0.1, 0.15) is 5.56 Å². The fourth-order valence-corrected chi connectivity index (χ4v) is 3.03. The Balaban J connectivity index is 1.67. The van der Waals surface area contributed by atoms with Crippen LogP contribution in [-0.2, 0) is 4.79 Å². The molecule has 0 spiro atoms. The predicted octanol–water partition coefficient (Wildman–Crippen LogP) is 1.08. The number of benzene rings is 1. The minimum atomic E-state index is -0.203. The molecule has 9 heteroatoms. The third kappa shape index (κ3) is 3.08. The Morgan fingerprint density at radius 1 is 1.45 bits per heavy atom. The summed E-state index contributed by atoms with van der Waals surface area (Å²) in [4.78, 5) is 25.0. The van der Waals surface area contributed by atoms with Crippen molar-refractivity contribution in [3.8, 4) is 5.69 Å². The van der Waals surface area contributed by atoms with Gasteiger partial charge in [0, 0.05) is 18.0 Å². The maximum absolute atomic E-state index is 12.0. The van der Waals surface area contributed by atoms with Crippen LogP contribution in [-0.4, -0.2) is 55.1 Å². The van der Waals surface area contributed by atoms with Crippen molar-refractivity contribution in [2.75, 3.05) is 24.2 Å². The average molecular weight is 318 g/mol. The monoisotopic (exact) mass is 318 g/mol. The van der Waals surface area contributed by atoms with Crippen molar-refractivity contribution in [3.63, 3.8) is 0 Å². The second-order valence-electron chi connectivity index (χ2n) is 4.84. The third-order valence-electron chi connectivity index (χ3n) is 3.26. The molecule has 22 heavy (non-hydrogen) atoms. The molecule has 8 nitrogen and oxygen atoms in total. The van der Waals surface area contributed by atoms with Gasteiger partial charge in [0.15, 0.2) is 0 Å². The van der Waals surface area contributed by atoms with Gasteiger partial charge < -0.3 is 10.2 Å². The normalized spacial score (nSPS) is 14.4. The van der Waals surface area contributed by atoms with Crippen LogP contribution in [0.3, 0.4) is 0 Å². The number of nitrogens with one attached hydrogen (secondary N) is 1. The first-order valence-corrected chi connectivity index (χ1v) is 7.67. The van der Waals surface area contributed by atoms with Gasteiger partial charge in [-0.05, 0) is 41.1 Å². The molecule has 1 N–H and O–H groups in total. The zero-order valence-corrected chi connectivity index (χ0v) is 12.7. The van der Waals surface area contributed by atoms with Crippen LogP contribution in [0.2, 0.25) is 0 Å². The van der Waals surface area contributed by atoms with E-state index < -0.39 is 0 Å². The molecule has 0 bridgehead atoms. The number of carbonyl (C=O) groups is 2. The van der Waals surface area contributed by atoms with Crippen LogP contribution in [0.5, 0.6) is 0 Å². The molecule has 1 saturated heterocycles. The molecule has 0 radical (unpaired) electrons. The highest BCUT2D eigenvalue weighted by Gasteiger charge is 2.23. The maximum Gasteiger partial charge on any atom is 0.282 e. The number of hydrogen-bond donors (Lipinski definition) is 1. The summed E-state index contributed by atoms with van der Waals surface area (Å²) in [5.41, 5.74) is 2.45. The summed E-state index contributed by atoms with van der Waals surface area (Å²) in [5.74, 6) is 0.539. The molecule has 2 amide bonds. The first-order valence-electron chi connectivity index (χ1n) is 6.69. The van der Waals surface area contributed by atoms with Gasteiger partial charge in [-0.15, -0.1) is 5.10 Å². The molecule has 1 fully saturated rings. The number of aromatic nitrogens is 4. The van der Waals surface area contributed by atoms with E-state index in [1.807, 2.05) is 19.1 Å². The Labute approximate surface area is 130 Å². The number of carbonyl (C=O) groups excluding carboxylic acids is 2. The molecule has 2 heterocycles. The smallest absolute Gasteiger partial charge is 0.282 e. The molecule has 1 aliphatic rings. The number of hydrogen-bond acceptors (Lipinski definition) is 6. The summed E-state index contributed by atoms with van der Waals surface area (Å²) in [6.07, 6.45) is 1.51. The summed E-state index contributed by atoms with van der Waals surface area (Å²) in [7, 11) is 0. The highest BCUT2D eigenvalue weighted by atomic mass is 32.2. The quantitative estimate of drug-likeness (QED) is 0.906. The summed E-state index contributed by atoms with van der Waals surface area (Å²) in [6.45, 7) is 2.61.